The zero-order chi connectivity index (χ0) is 23.1. The topological polar surface area (TPSA) is 72.7 Å². The number of amides is 1. The smallest absolute Gasteiger partial charge is 0.230 e. The Bertz CT molecular complexity index is 1130. The van der Waals surface area contributed by atoms with Crippen LogP contribution in [0, 0.1) is 23.2 Å². The molecule has 0 spiro atoms. The van der Waals surface area contributed by atoms with Crippen LogP contribution in [0.4, 0.5) is 0 Å². The van der Waals surface area contributed by atoms with E-state index in [1.165, 1.54) is 50.3 Å². The third-order valence-corrected chi connectivity index (χ3v) is 9.23. The lowest BCUT2D eigenvalue weighted by molar-refractivity contribution is -0.123. The maximum Gasteiger partial charge on any atom is 0.230 e. The van der Waals surface area contributed by atoms with E-state index in [1.807, 2.05) is 47.0 Å². The van der Waals surface area contributed by atoms with Crippen molar-refractivity contribution in [1.29, 1.82) is 0 Å². The fourth-order valence-electron chi connectivity index (χ4n) is 7.14. The molecule has 0 saturated heterocycles. The quantitative estimate of drug-likeness (QED) is 0.481. The molecule has 2 heterocycles. The van der Waals surface area contributed by atoms with Gasteiger partial charge in [0.25, 0.3) is 0 Å². The van der Waals surface area contributed by atoms with E-state index in [0.717, 1.165) is 40.0 Å². The van der Waals surface area contributed by atoms with Gasteiger partial charge in [-0.15, -0.1) is 10.2 Å². The van der Waals surface area contributed by atoms with Gasteiger partial charge >= 0.3 is 0 Å². The molecule has 176 valence electrons. The second-order valence-electron chi connectivity index (χ2n) is 10.6. The third-order valence-electron chi connectivity index (χ3n) is 8.30. The molecule has 1 aromatic carbocycles. The molecule has 1 amide bonds. The first kappa shape index (κ1) is 21.8. The number of nitrogens with one attached hydrogen (secondary N) is 1. The number of hydrogen-bond donors (Lipinski definition) is 1. The second kappa shape index (κ2) is 8.84. The van der Waals surface area contributed by atoms with Crippen LogP contribution >= 0.6 is 11.8 Å². The molecule has 2 aromatic heterocycles. The highest BCUT2D eigenvalue weighted by Gasteiger charge is 2.53. The maximum atomic E-state index is 13.0. The predicted molar refractivity (Wildman–Crippen MR) is 134 cm³/mol. The number of thioether (sulfide) groups is 1. The van der Waals surface area contributed by atoms with Gasteiger partial charge in [-0.05, 0) is 92.9 Å². The molecule has 0 unspecified atom stereocenters. The molecule has 3 aromatic rings. The van der Waals surface area contributed by atoms with Crippen LogP contribution < -0.4 is 5.32 Å². The molecule has 4 aliphatic rings. The minimum absolute atomic E-state index is 0.0846. The molecule has 6 nitrogen and oxygen atoms in total. The summed E-state index contributed by atoms with van der Waals surface area (Å²) >= 11 is 1.45. The van der Waals surface area contributed by atoms with Crippen LogP contribution in [0.3, 0.4) is 0 Å². The summed E-state index contributed by atoms with van der Waals surface area (Å²) in [6.07, 6.45) is 11.7. The van der Waals surface area contributed by atoms with Crippen LogP contribution in [0.2, 0.25) is 0 Å². The highest BCUT2D eigenvalue weighted by atomic mass is 32.2. The first-order valence-corrected chi connectivity index (χ1v) is 13.4. The molecule has 4 saturated carbocycles. The van der Waals surface area contributed by atoms with Gasteiger partial charge in [0.05, 0.1) is 5.75 Å². The van der Waals surface area contributed by atoms with Gasteiger partial charge < -0.3 is 5.32 Å². The Hall–Kier alpha value is -2.67. The Morgan fingerprint density at radius 1 is 1.03 bits per heavy atom. The molecular formula is C27H31N5OS. The number of carbonyl (C=O) groups is 1. The van der Waals surface area contributed by atoms with Crippen molar-refractivity contribution in [3.05, 3.63) is 54.9 Å². The minimum Gasteiger partial charge on any atom is -0.352 e. The van der Waals surface area contributed by atoms with E-state index in [4.69, 9.17) is 0 Å². The van der Waals surface area contributed by atoms with Gasteiger partial charge in [0.2, 0.25) is 5.91 Å². The van der Waals surface area contributed by atoms with Crippen LogP contribution in [-0.4, -0.2) is 37.5 Å². The molecule has 0 radical (unpaired) electrons. The lowest BCUT2D eigenvalue weighted by atomic mass is 9.48. The van der Waals surface area contributed by atoms with Crippen molar-refractivity contribution < 1.29 is 4.79 Å². The van der Waals surface area contributed by atoms with E-state index >= 15 is 0 Å². The number of carbonyl (C=O) groups excluding carboxylic acids is 1. The molecule has 1 N–H and O–H groups in total. The van der Waals surface area contributed by atoms with E-state index in [1.54, 1.807) is 12.4 Å². The Labute approximate surface area is 205 Å². The number of rotatable bonds is 7. The zero-order valence-corrected chi connectivity index (χ0v) is 20.4. The fourth-order valence-corrected chi connectivity index (χ4v) is 7.90. The lowest BCUT2D eigenvalue weighted by Crippen LogP contribution is -2.56. The van der Waals surface area contributed by atoms with E-state index in [9.17, 15) is 4.79 Å². The van der Waals surface area contributed by atoms with E-state index < -0.39 is 0 Å². The standard InChI is InChI=1S/C27H31N5OS/c1-18(27-14-19-11-20(15-27)13-21(12-19)16-27)29-24(33)17-34-26-31-30-25(22-7-9-28-10-8-22)32(26)23-5-3-2-4-6-23/h2-10,18-21H,11-17H2,1H3,(H,29,33)/t18-,19?,20?,21?,27?/m1/s1. The van der Waals surface area contributed by atoms with Crippen molar-refractivity contribution in [3.63, 3.8) is 0 Å². The van der Waals surface area contributed by atoms with Crippen LogP contribution in [-0.2, 0) is 4.79 Å². The van der Waals surface area contributed by atoms with Crippen LogP contribution in [0.15, 0.2) is 60.0 Å². The molecule has 7 rings (SSSR count). The third kappa shape index (κ3) is 4.04. The van der Waals surface area contributed by atoms with Crippen molar-refractivity contribution >= 4 is 17.7 Å². The normalized spacial score (nSPS) is 28.1. The minimum atomic E-state index is 0.0846. The Balaban J connectivity index is 1.17. The number of para-hydroxylation sites is 1. The summed E-state index contributed by atoms with van der Waals surface area (Å²) in [6, 6.07) is 14.1. The van der Waals surface area contributed by atoms with Crippen molar-refractivity contribution in [2.45, 2.75) is 56.6 Å². The van der Waals surface area contributed by atoms with Crippen LogP contribution in [0.1, 0.15) is 45.4 Å². The first-order valence-electron chi connectivity index (χ1n) is 12.4. The van der Waals surface area contributed by atoms with Gasteiger partial charge in [-0.1, -0.05) is 30.0 Å². The molecule has 4 bridgehead atoms. The molecule has 4 aliphatic carbocycles. The summed E-state index contributed by atoms with van der Waals surface area (Å²) in [6.45, 7) is 2.24. The monoisotopic (exact) mass is 473 g/mol. The Morgan fingerprint density at radius 2 is 1.68 bits per heavy atom. The summed E-state index contributed by atoms with van der Waals surface area (Å²) < 4.78 is 2.02. The summed E-state index contributed by atoms with van der Waals surface area (Å²) in [4.78, 5) is 17.2. The number of aromatic nitrogens is 4. The van der Waals surface area contributed by atoms with Gasteiger partial charge in [-0.2, -0.15) is 0 Å². The average Bonchev–Trinajstić information content (AvgIpc) is 3.27. The van der Waals surface area contributed by atoms with E-state index in [0.29, 0.717) is 11.2 Å². The molecule has 7 heteroatoms. The molecule has 34 heavy (non-hydrogen) atoms. The Morgan fingerprint density at radius 3 is 2.32 bits per heavy atom. The van der Waals surface area contributed by atoms with Crippen molar-refractivity contribution in [2.24, 2.45) is 23.2 Å². The summed E-state index contributed by atoms with van der Waals surface area (Å²) in [5, 5.41) is 13.0. The van der Waals surface area contributed by atoms with Gasteiger partial charge in [0, 0.05) is 29.7 Å². The van der Waals surface area contributed by atoms with Crippen molar-refractivity contribution in [2.75, 3.05) is 5.75 Å². The van der Waals surface area contributed by atoms with Crippen molar-refractivity contribution in [1.82, 2.24) is 25.1 Å². The van der Waals surface area contributed by atoms with Crippen LogP contribution in [0.5, 0.6) is 0 Å². The molecule has 4 fully saturated rings. The first-order chi connectivity index (χ1) is 16.6. The largest absolute Gasteiger partial charge is 0.352 e. The maximum absolute atomic E-state index is 13.0. The SMILES string of the molecule is C[C@@H](NC(=O)CSc1nnc(-c2ccncc2)n1-c1ccccc1)C12CC3CC(CC(C3)C1)C2. The average molecular weight is 474 g/mol. The van der Waals surface area contributed by atoms with E-state index in [-0.39, 0.29) is 11.9 Å². The van der Waals surface area contributed by atoms with Gasteiger partial charge in [0.1, 0.15) is 0 Å². The highest BCUT2D eigenvalue weighted by molar-refractivity contribution is 7.99. The molecule has 1 atom stereocenters. The fraction of sp³-hybridized carbons (Fsp3) is 0.481. The van der Waals surface area contributed by atoms with E-state index in [2.05, 4.69) is 27.4 Å². The molecular weight excluding hydrogens is 442 g/mol. The highest BCUT2D eigenvalue weighted by Crippen LogP contribution is 2.61. The van der Waals surface area contributed by atoms with Crippen molar-refractivity contribution in [3.8, 4) is 17.1 Å². The number of pyridine rings is 1. The predicted octanol–water partition coefficient (Wildman–Crippen LogP) is 5.14. The van der Waals surface area contributed by atoms with Gasteiger partial charge in [0.15, 0.2) is 11.0 Å². The molecule has 0 aliphatic heterocycles. The van der Waals surface area contributed by atoms with Crippen LogP contribution in [0.25, 0.3) is 17.1 Å². The summed E-state index contributed by atoms with van der Waals surface area (Å²) in [5.41, 5.74) is 2.23. The summed E-state index contributed by atoms with van der Waals surface area (Å²) in [5.74, 6) is 3.82. The lowest BCUT2D eigenvalue weighted by Gasteiger charge is -2.59. The number of nitrogens with zero attached hydrogens (tertiary/aromatic N) is 4. The van der Waals surface area contributed by atoms with Gasteiger partial charge in [-0.25, -0.2) is 0 Å². The Kier molecular flexibility index (Phi) is 5.68. The second-order valence-corrected chi connectivity index (χ2v) is 11.5. The number of benzene rings is 1. The summed E-state index contributed by atoms with van der Waals surface area (Å²) in [7, 11) is 0. The zero-order valence-electron chi connectivity index (χ0n) is 19.6. The van der Waals surface area contributed by atoms with Gasteiger partial charge in [-0.3, -0.25) is 14.3 Å². The number of hydrogen-bond acceptors (Lipinski definition) is 5.